The van der Waals surface area contributed by atoms with Crippen molar-refractivity contribution in [3.63, 3.8) is 0 Å². The SMILES string of the molecule is CCOc1cc(OC)ccc1C1=N[C@H](C2CCCCC2)[C@H](c2ccc(Cl)cc2)N1C(=O)N1CCC(N2CCCC2)CC1.Cl. The normalized spacial score (nSPS) is 23.7. The summed E-state index contributed by atoms with van der Waals surface area (Å²) in [7, 11) is 1.66. The molecule has 2 saturated heterocycles. The Morgan fingerprint density at radius 1 is 0.930 bits per heavy atom. The third-order valence-electron chi connectivity index (χ3n) is 9.77. The number of ether oxygens (including phenoxy) is 2. The van der Waals surface area contributed by atoms with Crippen LogP contribution in [-0.4, -0.2) is 78.5 Å². The summed E-state index contributed by atoms with van der Waals surface area (Å²) in [5.41, 5.74) is 1.93. The maximum absolute atomic E-state index is 14.7. The zero-order chi connectivity index (χ0) is 29.1. The van der Waals surface area contributed by atoms with Gasteiger partial charge in [-0.3, -0.25) is 9.89 Å². The summed E-state index contributed by atoms with van der Waals surface area (Å²) in [6, 6.07) is 14.3. The van der Waals surface area contributed by atoms with Crippen LogP contribution in [0.15, 0.2) is 47.5 Å². The number of aliphatic imine (C=N–C) groups is 1. The molecule has 6 rings (SSSR count). The Bertz CT molecular complexity index is 1250. The molecule has 4 aliphatic rings. The average Bonchev–Trinajstić information content (AvgIpc) is 3.71. The smallest absolute Gasteiger partial charge is 0.326 e. The third kappa shape index (κ3) is 6.79. The molecule has 1 saturated carbocycles. The van der Waals surface area contributed by atoms with E-state index in [-0.39, 0.29) is 30.5 Å². The number of amides is 2. The molecule has 9 heteroatoms. The minimum atomic E-state index is -0.194. The van der Waals surface area contributed by atoms with Crippen molar-refractivity contribution in [1.82, 2.24) is 14.7 Å². The highest BCUT2D eigenvalue weighted by molar-refractivity contribution is 6.30. The number of amidine groups is 1. The molecule has 1 aliphatic carbocycles. The van der Waals surface area contributed by atoms with Crippen LogP contribution in [0.2, 0.25) is 5.02 Å². The van der Waals surface area contributed by atoms with Gasteiger partial charge in [-0.1, -0.05) is 43.0 Å². The van der Waals surface area contributed by atoms with E-state index in [0.29, 0.717) is 35.2 Å². The van der Waals surface area contributed by atoms with Crippen LogP contribution in [0.25, 0.3) is 0 Å². The van der Waals surface area contributed by atoms with E-state index < -0.39 is 0 Å². The molecule has 0 bridgehead atoms. The largest absolute Gasteiger partial charge is 0.497 e. The topological polar surface area (TPSA) is 57.6 Å². The molecule has 0 radical (unpaired) electrons. The number of carbonyl (C=O) groups is 1. The van der Waals surface area contributed by atoms with Gasteiger partial charge in [0.25, 0.3) is 0 Å². The maximum Gasteiger partial charge on any atom is 0.326 e. The van der Waals surface area contributed by atoms with Crippen molar-refractivity contribution in [2.24, 2.45) is 10.9 Å². The van der Waals surface area contributed by atoms with Gasteiger partial charge in [0, 0.05) is 30.2 Å². The van der Waals surface area contributed by atoms with Crippen LogP contribution in [-0.2, 0) is 0 Å². The summed E-state index contributed by atoms with van der Waals surface area (Å²) >= 11 is 6.35. The van der Waals surface area contributed by atoms with Crippen LogP contribution in [0, 0.1) is 5.92 Å². The minimum absolute atomic E-state index is 0. The standard InChI is InChI=1S/C34H45ClN4O3.ClH/c1-3-42-30-23-28(41-2)15-16-29(30)33-36-31(24-9-5-4-6-10-24)32(25-11-13-26(35)14-12-25)39(33)34(40)38-21-17-27(18-22-38)37-19-7-8-20-37;/h11-16,23-24,27,31-32H,3-10,17-22H2,1-2H3;1H/t31-,32+;/m1./s1. The van der Waals surface area contributed by atoms with E-state index in [0.717, 1.165) is 55.6 Å². The molecular weight excluding hydrogens is 583 g/mol. The fourth-order valence-electron chi connectivity index (χ4n) is 7.58. The van der Waals surface area contributed by atoms with E-state index in [4.69, 9.17) is 26.1 Å². The highest BCUT2D eigenvalue weighted by Crippen LogP contribution is 2.44. The fourth-order valence-corrected chi connectivity index (χ4v) is 7.71. The van der Waals surface area contributed by atoms with Crippen LogP contribution in [0.1, 0.15) is 81.9 Å². The summed E-state index contributed by atoms with van der Waals surface area (Å²) in [6.07, 6.45) is 10.6. The van der Waals surface area contributed by atoms with Gasteiger partial charge >= 0.3 is 6.03 Å². The average molecular weight is 630 g/mol. The van der Waals surface area contributed by atoms with E-state index in [1.165, 1.54) is 45.2 Å². The molecule has 2 amide bonds. The van der Waals surface area contributed by atoms with Gasteiger partial charge in [0.1, 0.15) is 17.3 Å². The number of rotatable bonds is 7. The van der Waals surface area contributed by atoms with Crippen molar-refractivity contribution in [3.8, 4) is 11.5 Å². The number of benzene rings is 2. The van der Waals surface area contributed by atoms with Crippen molar-refractivity contribution in [1.29, 1.82) is 0 Å². The van der Waals surface area contributed by atoms with Crippen LogP contribution in [0.4, 0.5) is 4.79 Å². The summed E-state index contributed by atoms with van der Waals surface area (Å²) in [4.78, 5) is 26.9. The Kier molecular flexibility index (Phi) is 10.8. The second kappa shape index (κ2) is 14.5. The number of halogens is 2. The van der Waals surface area contributed by atoms with Crippen LogP contribution in [0.5, 0.6) is 11.5 Å². The Labute approximate surface area is 268 Å². The van der Waals surface area contributed by atoms with Gasteiger partial charge in [0.05, 0.1) is 31.4 Å². The molecule has 0 unspecified atom stereocenters. The first-order chi connectivity index (χ1) is 20.6. The lowest BCUT2D eigenvalue weighted by Crippen LogP contribution is -2.52. The van der Waals surface area contributed by atoms with Crippen molar-refractivity contribution in [2.45, 2.75) is 82.8 Å². The summed E-state index contributed by atoms with van der Waals surface area (Å²) in [5.74, 6) is 2.55. The molecule has 2 aromatic carbocycles. The molecule has 2 aromatic rings. The molecule has 0 aromatic heterocycles. The van der Waals surface area contributed by atoms with E-state index in [9.17, 15) is 4.79 Å². The molecule has 43 heavy (non-hydrogen) atoms. The monoisotopic (exact) mass is 628 g/mol. The van der Waals surface area contributed by atoms with Crippen LogP contribution >= 0.6 is 24.0 Å². The van der Waals surface area contributed by atoms with Gasteiger partial charge in [-0.2, -0.15) is 0 Å². The van der Waals surface area contributed by atoms with Crippen molar-refractivity contribution < 1.29 is 14.3 Å². The highest BCUT2D eigenvalue weighted by Gasteiger charge is 2.47. The number of nitrogens with zero attached hydrogens (tertiary/aromatic N) is 4. The maximum atomic E-state index is 14.7. The molecule has 3 fully saturated rings. The first kappa shape index (κ1) is 31.9. The molecule has 234 valence electrons. The highest BCUT2D eigenvalue weighted by atomic mass is 35.5. The summed E-state index contributed by atoms with van der Waals surface area (Å²) in [6.45, 7) is 6.42. The van der Waals surface area contributed by atoms with Crippen molar-refractivity contribution in [2.75, 3.05) is 39.9 Å². The van der Waals surface area contributed by atoms with Crippen LogP contribution in [0.3, 0.4) is 0 Å². The van der Waals surface area contributed by atoms with Gasteiger partial charge in [-0.05, 0) is 94.3 Å². The number of urea groups is 1. The zero-order valence-corrected chi connectivity index (χ0v) is 27.1. The molecule has 2 atom stereocenters. The first-order valence-electron chi connectivity index (χ1n) is 16.0. The molecule has 0 spiro atoms. The Morgan fingerprint density at radius 3 is 2.28 bits per heavy atom. The predicted octanol–water partition coefficient (Wildman–Crippen LogP) is 7.60. The van der Waals surface area contributed by atoms with E-state index in [1.54, 1.807) is 7.11 Å². The van der Waals surface area contributed by atoms with Gasteiger partial charge in [0.15, 0.2) is 0 Å². The quantitative estimate of drug-likeness (QED) is 0.317. The lowest BCUT2D eigenvalue weighted by Gasteiger charge is -2.40. The van der Waals surface area contributed by atoms with E-state index >= 15 is 0 Å². The minimum Gasteiger partial charge on any atom is -0.497 e. The van der Waals surface area contributed by atoms with Gasteiger partial charge in [0.2, 0.25) is 0 Å². The number of piperidine rings is 1. The van der Waals surface area contributed by atoms with Gasteiger partial charge < -0.3 is 19.3 Å². The van der Waals surface area contributed by atoms with Crippen molar-refractivity contribution in [3.05, 3.63) is 58.6 Å². The fraction of sp³-hybridized carbons (Fsp3) is 0.588. The van der Waals surface area contributed by atoms with Gasteiger partial charge in [-0.15, -0.1) is 12.4 Å². The number of likely N-dealkylation sites (tertiary alicyclic amines) is 2. The molecule has 7 nitrogen and oxygen atoms in total. The number of hydrogen-bond acceptors (Lipinski definition) is 5. The summed E-state index contributed by atoms with van der Waals surface area (Å²) in [5, 5.41) is 0.697. The molecule has 0 N–H and O–H groups in total. The van der Waals surface area contributed by atoms with Gasteiger partial charge in [-0.25, -0.2) is 4.79 Å². The second-order valence-corrected chi connectivity index (χ2v) is 12.7. The lowest BCUT2D eigenvalue weighted by atomic mass is 9.80. The number of carbonyl (C=O) groups excluding carboxylic acids is 1. The number of hydrogen-bond donors (Lipinski definition) is 0. The molecule has 3 heterocycles. The molecule has 3 aliphatic heterocycles. The Balaban J connectivity index is 0.00000368. The van der Waals surface area contributed by atoms with Crippen molar-refractivity contribution >= 4 is 35.9 Å². The third-order valence-corrected chi connectivity index (χ3v) is 10.0. The lowest BCUT2D eigenvalue weighted by molar-refractivity contribution is 0.114. The zero-order valence-electron chi connectivity index (χ0n) is 25.6. The Hall–Kier alpha value is -2.48. The van der Waals surface area contributed by atoms with E-state index in [1.807, 2.05) is 42.2 Å². The predicted molar refractivity (Wildman–Crippen MR) is 175 cm³/mol. The van der Waals surface area contributed by atoms with Crippen LogP contribution < -0.4 is 9.47 Å². The van der Waals surface area contributed by atoms with E-state index in [2.05, 4.69) is 21.9 Å². The first-order valence-corrected chi connectivity index (χ1v) is 16.4. The summed E-state index contributed by atoms with van der Waals surface area (Å²) < 4.78 is 11.7. The molecular formula is C34H46Cl2N4O3. The number of methoxy groups -OCH3 is 1. The second-order valence-electron chi connectivity index (χ2n) is 12.2. The Morgan fingerprint density at radius 2 is 1.63 bits per heavy atom.